The quantitative estimate of drug-likeness (QED) is 0.849. The molecule has 0 saturated carbocycles. The molecule has 2 aromatic rings. The van der Waals surface area contributed by atoms with E-state index in [1.165, 1.54) is 12.0 Å². The van der Waals surface area contributed by atoms with Gasteiger partial charge in [0.2, 0.25) is 0 Å². The summed E-state index contributed by atoms with van der Waals surface area (Å²) >= 11 is 1.71. The van der Waals surface area contributed by atoms with Gasteiger partial charge >= 0.3 is 5.97 Å². The molecule has 0 aliphatic rings. The number of rotatable bonds is 5. The van der Waals surface area contributed by atoms with Crippen LogP contribution in [0.25, 0.3) is 0 Å². The number of carbonyl (C=O) groups excluding carboxylic acids is 1. The minimum absolute atomic E-state index is 0.209. The van der Waals surface area contributed by atoms with Gasteiger partial charge in [-0.3, -0.25) is 0 Å². The van der Waals surface area contributed by atoms with Gasteiger partial charge in [-0.05, 0) is 30.0 Å². The van der Waals surface area contributed by atoms with Crippen LogP contribution in [-0.2, 0) is 4.74 Å². The summed E-state index contributed by atoms with van der Waals surface area (Å²) in [6.45, 7) is 2.11. The SMILES string of the molecule is CCC(Nc1cc(C(=O)OC)ccn1)c1cccs1. The number of esters is 1. The van der Waals surface area contributed by atoms with Gasteiger partial charge in [-0.1, -0.05) is 13.0 Å². The highest BCUT2D eigenvalue weighted by molar-refractivity contribution is 7.10. The summed E-state index contributed by atoms with van der Waals surface area (Å²) in [5.41, 5.74) is 0.501. The molecule has 2 aromatic heterocycles. The third-order valence-corrected chi connectivity index (χ3v) is 3.78. The number of carbonyl (C=O) groups is 1. The van der Waals surface area contributed by atoms with E-state index in [1.807, 2.05) is 6.07 Å². The van der Waals surface area contributed by atoms with E-state index in [-0.39, 0.29) is 12.0 Å². The van der Waals surface area contributed by atoms with Crippen LogP contribution in [0.5, 0.6) is 0 Å². The van der Waals surface area contributed by atoms with Crippen LogP contribution in [0.3, 0.4) is 0 Å². The van der Waals surface area contributed by atoms with Crippen molar-refractivity contribution in [1.29, 1.82) is 0 Å². The lowest BCUT2D eigenvalue weighted by molar-refractivity contribution is 0.0600. The zero-order valence-electron chi connectivity index (χ0n) is 10.9. The minimum atomic E-state index is -0.352. The molecule has 19 heavy (non-hydrogen) atoms. The summed E-state index contributed by atoms with van der Waals surface area (Å²) in [7, 11) is 1.37. The Balaban J connectivity index is 2.16. The van der Waals surface area contributed by atoms with Gasteiger partial charge in [-0.2, -0.15) is 0 Å². The maximum Gasteiger partial charge on any atom is 0.338 e. The molecule has 1 unspecified atom stereocenters. The predicted octanol–water partition coefficient (Wildman–Crippen LogP) is 3.49. The Kier molecular flexibility index (Phi) is 4.52. The third-order valence-electron chi connectivity index (χ3n) is 2.80. The van der Waals surface area contributed by atoms with Crippen LogP contribution < -0.4 is 5.32 Å². The first-order valence-electron chi connectivity index (χ1n) is 6.09. The fraction of sp³-hybridized carbons (Fsp3) is 0.286. The first kappa shape index (κ1) is 13.5. The van der Waals surface area contributed by atoms with Gasteiger partial charge in [0.25, 0.3) is 0 Å². The van der Waals surface area contributed by atoms with Crippen LogP contribution in [0.2, 0.25) is 0 Å². The van der Waals surface area contributed by atoms with Gasteiger partial charge < -0.3 is 10.1 Å². The number of hydrogen-bond donors (Lipinski definition) is 1. The maximum atomic E-state index is 11.5. The molecule has 0 fully saturated rings. The highest BCUT2D eigenvalue weighted by atomic mass is 32.1. The van der Waals surface area contributed by atoms with Crippen molar-refractivity contribution in [3.05, 3.63) is 46.3 Å². The van der Waals surface area contributed by atoms with E-state index < -0.39 is 0 Å². The fourth-order valence-corrected chi connectivity index (χ4v) is 2.66. The number of ether oxygens (including phenoxy) is 1. The van der Waals surface area contributed by atoms with Crippen LogP contribution in [0.4, 0.5) is 5.82 Å². The molecule has 0 bridgehead atoms. The van der Waals surface area contributed by atoms with Gasteiger partial charge in [-0.25, -0.2) is 9.78 Å². The highest BCUT2D eigenvalue weighted by Gasteiger charge is 2.12. The lowest BCUT2D eigenvalue weighted by Crippen LogP contribution is -2.10. The normalized spacial score (nSPS) is 11.9. The van der Waals surface area contributed by atoms with Crippen LogP contribution in [0, 0.1) is 0 Å². The van der Waals surface area contributed by atoms with Crippen LogP contribution in [0.1, 0.15) is 34.6 Å². The summed E-state index contributed by atoms with van der Waals surface area (Å²) in [5, 5.41) is 5.40. The number of aromatic nitrogens is 1. The number of anilines is 1. The van der Waals surface area contributed by atoms with Crippen molar-refractivity contribution < 1.29 is 9.53 Å². The summed E-state index contributed by atoms with van der Waals surface area (Å²) < 4.78 is 4.70. The molecule has 100 valence electrons. The number of nitrogens with one attached hydrogen (secondary N) is 1. The highest BCUT2D eigenvalue weighted by Crippen LogP contribution is 2.25. The number of hydrogen-bond acceptors (Lipinski definition) is 5. The van der Waals surface area contributed by atoms with E-state index in [1.54, 1.807) is 29.7 Å². The van der Waals surface area contributed by atoms with E-state index in [0.717, 1.165) is 6.42 Å². The number of thiophene rings is 1. The van der Waals surface area contributed by atoms with Gasteiger partial charge in [0.05, 0.1) is 18.7 Å². The molecule has 4 nitrogen and oxygen atoms in total. The van der Waals surface area contributed by atoms with Crippen molar-refractivity contribution in [2.24, 2.45) is 0 Å². The molecular weight excluding hydrogens is 260 g/mol. The average Bonchev–Trinajstić information content (AvgIpc) is 2.98. The zero-order valence-corrected chi connectivity index (χ0v) is 11.7. The zero-order chi connectivity index (χ0) is 13.7. The van der Waals surface area contributed by atoms with E-state index in [2.05, 4.69) is 28.7 Å². The Morgan fingerprint density at radius 2 is 2.37 bits per heavy atom. The molecule has 1 atom stereocenters. The third kappa shape index (κ3) is 3.32. The molecule has 0 saturated heterocycles. The summed E-state index contributed by atoms with van der Waals surface area (Å²) in [6.07, 6.45) is 2.56. The lowest BCUT2D eigenvalue weighted by atomic mass is 10.2. The molecule has 1 N–H and O–H groups in total. The van der Waals surface area contributed by atoms with E-state index >= 15 is 0 Å². The summed E-state index contributed by atoms with van der Waals surface area (Å²) in [4.78, 5) is 17.0. The maximum absolute atomic E-state index is 11.5. The van der Waals surface area contributed by atoms with Gasteiger partial charge in [0.15, 0.2) is 0 Å². The topological polar surface area (TPSA) is 51.2 Å². The molecule has 2 rings (SSSR count). The second kappa shape index (κ2) is 6.33. The molecular formula is C14H16N2O2S. The molecule has 0 aliphatic heterocycles. The van der Waals surface area contributed by atoms with Gasteiger partial charge in [0.1, 0.15) is 5.82 Å². The lowest BCUT2D eigenvalue weighted by Gasteiger charge is -2.16. The van der Waals surface area contributed by atoms with E-state index in [0.29, 0.717) is 11.4 Å². The fourth-order valence-electron chi connectivity index (χ4n) is 1.80. The number of methoxy groups -OCH3 is 1. The Labute approximate surface area is 116 Å². The second-order valence-electron chi connectivity index (χ2n) is 4.04. The minimum Gasteiger partial charge on any atom is -0.465 e. The Morgan fingerprint density at radius 1 is 1.53 bits per heavy atom. The Hall–Kier alpha value is -1.88. The molecule has 0 radical (unpaired) electrons. The van der Waals surface area contributed by atoms with Crippen LogP contribution >= 0.6 is 11.3 Å². The van der Waals surface area contributed by atoms with E-state index in [4.69, 9.17) is 4.74 Å². The standard InChI is InChI=1S/C14H16N2O2S/c1-3-11(12-5-4-8-19-12)16-13-9-10(6-7-15-13)14(17)18-2/h4-9,11H,3H2,1-2H3,(H,15,16). The van der Waals surface area contributed by atoms with Crippen molar-refractivity contribution in [1.82, 2.24) is 4.98 Å². The molecule has 0 amide bonds. The molecule has 0 aromatic carbocycles. The van der Waals surface area contributed by atoms with Gasteiger partial charge in [-0.15, -0.1) is 11.3 Å². The van der Waals surface area contributed by atoms with E-state index in [9.17, 15) is 4.79 Å². The van der Waals surface area contributed by atoms with Crippen LogP contribution in [-0.4, -0.2) is 18.1 Å². The molecule has 2 heterocycles. The first-order valence-corrected chi connectivity index (χ1v) is 6.97. The largest absolute Gasteiger partial charge is 0.465 e. The van der Waals surface area contributed by atoms with Gasteiger partial charge in [0, 0.05) is 11.1 Å². The second-order valence-corrected chi connectivity index (χ2v) is 5.02. The van der Waals surface area contributed by atoms with Crippen molar-refractivity contribution in [3.63, 3.8) is 0 Å². The summed E-state index contributed by atoms with van der Waals surface area (Å²) in [6, 6.07) is 7.68. The smallest absolute Gasteiger partial charge is 0.338 e. The van der Waals surface area contributed by atoms with Crippen LogP contribution in [0.15, 0.2) is 35.8 Å². The molecule has 0 aliphatic carbocycles. The average molecular weight is 276 g/mol. The molecule has 0 spiro atoms. The number of pyridine rings is 1. The Morgan fingerprint density at radius 3 is 3.00 bits per heavy atom. The predicted molar refractivity (Wildman–Crippen MR) is 76.6 cm³/mol. The van der Waals surface area contributed by atoms with Crippen molar-refractivity contribution >= 4 is 23.1 Å². The number of nitrogens with zero attached hydrogens (tertiary/aromatic N) is 1. The first-order chi connectivity index (χ1) is 9.24. The Bertz CT molecular complexity index is 540. The molecule has 5 heteroatoms. The van der Waals surface area contributed by atoms with Crippen molar-refractivity contribution in [2.75, 3.05) is 12.4 Å². The van der Waals surface area contributed by atoms with Crippen molar-refractivity contribution in [2.45, 2.75) is 19.4 Å². The monoisotopic (exact) mass is 276 g/mol. The summed E-state index contributed by atoms with van der Waals surface area (Å²) in [5.74, 6) is 0.331. The van der Waals surface area contributed by atoms with Crippen molar-refractivity contribution in [3.8, 4) is 0 Å².